The molecule has 0 fully saturated rings. The van der Waals surface area contributed by atoms with Crippen LogP contribution in [-0.4, -0.2) is 25.7 Å². The Morgan fingerprint density at radius 2 is 0.818 bits per heavy atom. The first-order valence-corrected chi connectivity index (χ1v) is 6.90. The van der Waals surface area contributed by atoms with Gasteiger partial charge in [0.25, 0.3) is 0 Å². The number of hydrogen-bond donors (Lipinski definition) is 0. The van der Waals surface area contributed by atoms with E-state index < -0.39 is 0 Å². The Hall–Kier alpha value is -3.21. The van der Waals surface area contributed by atoms with Crippen molar-refractivity contribution < 1.29 is 4.79 Å². The molecule has 0 aliphatic heterocycles. The molecule has 22 heavy (non-hydrogen) atoms. The van der Waals surface area contributed by atoms with Crippen molar-refractivity contribution in [2.75, 3.05) is 0 Å². The highest BCUT2D eigenvalue weighted by molar-refractivity contribution is 6.19. The molecule has 1 aliphatic rings. The lowest BCUT2D eigenvalue weighted by Crippen LogP contribution is -2.02. The summed E-state index contributed by atoms with van der Waals surface area (Å²) in [7, 11) is 0. The molecular formula is C17H8N4O. The number of para-hydroxylation sites is 4. The summed E-state index contributed by atoms with van der Waals surface area (Å²) in [5.74, 6) is -0.207. The molecule has 0 spiro atoms. The number of nitrogens with zero attached hydrogens (tertiary/aromatic N) is 4. The lowest BCUT2D eigenvalue weighted by atomic mass is 10.2. The van der Waals surface area contributed by atoms with E-state index in [2.05, 4.69) is 19.9 Å². The molecule has 0 atom stereocenters. The monoisotopic (exact) mass is 284 g/mol. The second-order valence-corrected chi connectivity index (χ2v) is 5.15. The van der Waals surface area contributed by atoms with E-state index in [1.807, 2.05) is 48.5 Å². The van der Waals surface area contributed by atoms with Crippen molar-refractivity contribution in [3.63, 3.8) is 0 Å². The summed E-state index contributed by atoms with van der Waals surface area (Å²) in [4.78, 5) is 30.6. The first kappa shape index (κ1) is 11.4. The Morgan fingerprint density at radius 3 is 1.18 bits per heavy atom. The van der Waals surface area contributed by atoms with E-state index in [0.29, 0.717) is 33.8 Å². The molecular weight excluding hydrogens is 276 g/mol. The molecule has 5 nitrogen and oxygen atoms in total. The Labute approximate surface area is 124 Å². The van der Waals surface area contributed by atoms with Gasteiger partial charge in [-0.3, -0.25) is 4.79 Å². The normalized spacial score (nSPS) is 12.6. The fourth-order valence-corrected chi connectivity index (χ4v) is 2.76. The topological polar surface area (TPSA) is 68.6 Å². The predicted molar refractivity (Wildman–Crippen MR) is 81.5 cm³/mol. The summed E-state index contributed by atoms with van der Waals surface area (Å²) in [6.45, 7) is 0. The third-order valence-electron chi connectivity index (χ3n) is 3.80. The third-order valence-corrected chi connectivity index (χ3v) is 3.80. The summed E-state index contributed by atoms with van der Waals surface area (Å²) >= 11 is 0. The van der Waals surface area contributed by atoms with Gasteiger partial charge in [0.05, 0.1) is 22.1 Å². The maximum Gasteiger partial charge on any atom is 0.234 e. The Bertz CT molecular complexity index is 1020. The van der Waals surface area contributed by atoms with Gasteiger partial charge in [-0.05, 0) is 24.3 Å². The molecule has 5 heteroatoms. The van der Waals surface area contributed by atoms with Crippen molar-refractivity contribution in [3.8, 4) is 11.4 Å². The number of fused-ring (bicyclic) bond motifs is 5. The molecule has 1 aliphatic carbocycles. The number of aromatic nitrogens is 4. The van der Waals surface area contributed by atoms with Crippen LogP contribution in [0.5, 0.6) is 0 Å². The fraction of sp³-hybridized carbons (Fsp3) is 0. The summed E-state index contributed by atoms with van der Waals surface area (Å²) in [5, 5.41) is 0. The van der Waals surface area contributed by atoms with Gasteiger partial charge in [-0.2, -0.15) is 0 Å². The summed E-state index contributed by atoms with van der Waals surface area (Å²) in [6, 6.07) is 15.0. The number of ketones is 1. The van der Waals surface area contributed by atoms with Crippen LogP contribution in [0.1, 0.15) is 16.2 Å². The zero-order chi connectivity index (χ0) is 14.7. The minimum Gasteiger partial charge on any atom is -0.285 e. The molecule has 0 saturated carbocycles. The zero-order valence-electron chi connectivity index (χ0n) is 11.3. The first-order valence-electron chi connectivity index (χ1n) is 6.90. The zero-order valence-corrected chi connectivity index (χ0v) is 11.3. The second kappa shape index (κ2) is 3.92. The molecule has 2 aromatic carbocycles. The number of carbonyl (C=O) groups is 1. The van der Waals surface area contributed by atoms with Gasteiger partial charge in [0.2, 0.25) is 5.78 Å². The van der Waals surface area contributed by atoms with Crippen LogP contribution in [-0.2, 0) is 0 Å². The van der Waals surface area contributed by atoms with Crippen molar-refractivity contribution >= 4 is 27.9 Å². The average Bonchev–Trinajstić information content (AvgIpc) is 2.83. The summed E-state index contributed by atoms with van der Waals surface area (Å²) < 4.78 is 0. The SMILES string of the molecule is O=C1c2nc3ccccc3nc2-c2nc3ccccc3nc21. The Kier molecular flexibility index (Phi) is 2.04. The van der Waals surface area contributed by atoms with Gasteiger partial charge in [0, 0.05) is 0 Å². The van der Waals surface area contributed by atoms with E-state index in [1.54, 1.807) is 0 Å². The van der Waals surface area contributed by atoms with Gasteiger partial charge in [-0.15, -0.1) is 0 Å². The lowest BCUT2D eigenvalue weighted by molar-refractivity contribution is 0.103. The highest BCUT2D eigenvalue weighted by Gasteiger charge is 2.33. The van der Waals surface area contributed by atoms with E-state index in [-0.39, 0.29) is 5.78 Å². The summed E-state index contributed by atoms with van der Waals surface area (Å²) in [6.07, 6.45) is 0. The maximum atomic E-state index is 12.6. The average molecular weight is 284 g/mol. The molecule has 5 rings (SSSR count). The largest absolute Gasteiger partial charge is 0.285 e. The molecule has 2 aromatic heterocycles. The second-order valence-electron chi connectivity index (χ2n) is 5.15. The molecule has 102 valence electrons. The number of carbonyl (C=O) groups excluding carboxylic acids is 1. The van der Waals surface area contributed by atoms with Crippen LogP contribution in [0.15, 0.2) is 48.5 Å². The van der Waals surface area contributed by atoms with Crippen molar-refractivity contribution in [1.29, 1.82) is 0 Å². The first-order chi connectivity index (χ1) is 10.8. The molecule has 0 N–H and O–H groups in total. The van der Waals surface area contributed by atoms with E-state index >= 15 is 0 Å². The van der Waals surface area contributed by atoms with E-state index in [9.17, 15) is 4.79 Å². The van der Waals surface area contributed by atoms with Crippen LogP contribution in [0.4, 0.5) is 0 Å². The number of rotatable bonds is 0. The third kappa shape index (κ3) is 1.39. The highest BCUT2D eigenvalue weighted by atomic mass is 16.1. The van der Waals surface area contributed by atoms with Crippen LogP contribution in [0.2, 0.25) is 0 Å². The Morgan fingerprint density at radius 1 is 0.500 bits per heavy atom. The molecule has 0 bridgehead atoms. The molecule has 0 unspecified atom stereocenters. The molecule has 4 aromatic rings. The van der Waals surface area contributed by atoms with Crippen LogP contribution >= 0.6 is 0 Å². The number of hydrogen-bond acceptors (Lipinski definition) is 5. The predicted octanol–water partition coefficient (Wildman–Crippen LogP) is 2.78. The molecule has 0 radical (unpaired) electrons. The van der Waals surface area contributed by atoms with E-state index in [4.69, 9.17) is 0 Å². The van der Waals surface area contributed by atoms with Crippen LogP contribution in [0.25, 0.3) is 33.5 Å². The summed E-state index contributed by atoms with van der Waals surface area (Å²) in [5.41, 5.74) is 4.62. The van der Waals surface area contributed by atoms with E-state index in [1.165, 1.54) is 0 Å². The minimum absolute atomic E-state index is 0.207. The van der Waals surface area contributed by atoms with Crippen molar-refractivity contribution in [2.45, 2.75) is 0 Å². The van der Waals surface area contributed by atoms with Gasteiger partial charge in [-0.1, -0.05) is 24.3 Å². The highest BCUT2D eigenvalue weighted by Crippen LogP contribution is 2.33. The van der Waals surface area contributed by atoms with Gasteiger partial charge in [0.15, 0.2) is 0 Å². The Balaban J connectivity index is 1.90. The van der Waals surface area contributed by atoms with Crippen LogP contribution < -0.4 is 0 Å². The molecule has 0 amide bonds. The number of benzene rings is 2. The van der Waals surface area contributed by atoms with Crippen LogP contribution in [0.3, 0.4) is 0 Å². The smallest absolute Gasteiger partial charge is 0.234 e. The maximum absolute atomic E-state index is 12.6. The van der Waals surface area contributed by atoms with E-state index in [0.717, 1.165) is 11.0 Å². The van der Waals surface area contributed by atoms with Gasteiger partial charge in [-0.25, -0.2) is 19.9 Å². The quantitative estimate of drug-likeness (QED) is 0.437. The van der Waals surface area contributed by atoms with Crippen molar-refractivity contribution in [2.24, 2.45) is 0 Å². The molecule has 0 saturated heterocycles. The van der Waals surface area contributed by atoms with Crippen molar-refractivity contribution in [3.05, 3.63) is 59.9 Å². The van der Waals surface area contributed by atoms with Crippen LogP contribution in [0, 0.1) is 0 Å². The fourth-order valence-electron chi connectivity index (χ4n) is 2.76. The van der Waals surface area contributed by atoms with Crippen molar-refractivity contribution in [1.82, 2.24) is 19.9 Å². The molecule has 2 heterocycles. The standard InChI is InChI=1S/C17H8N4O/c22-17-15-13(18-9-5-1-3-7-11(9)20-15)14-16(17)21-12-8-4-2-6-10(12)19-14/h1-8H. The van der Waals surface area contributed by atoms with Gasteiger partial charge < -0.3 is 0 Å². The minimum atomic E-state index is -0.207. The van der Waals surface area contributed by atoms with Gasteiger partial charge >= 0.3 is 0 Å². The van der Waals surface area contributed by atoms with Gasteiger partial charge in [0.1, 0.15) is 22.8 Å². The lowest BCUT2D eigenvalue weighted by Gasteiger charge is -2.01.